The van der Waals surface area contributed by atoms with Gasteiger partial charge in [0.2, 0.25) is 5.88 Å². The second-order valence-electron chi connectivity index (χ2n) is 5.88. The molecule has 0 aliphatic carbocycles. The molecule has 1 aromatic heterocycles. The molecule has 0 amide bonds. The lowest BCUT2D eigenvalue weighted by molar-refractivity contribution is 0.189. The van der Waals surface area contributed by atoms with Gasteiger partial charge in [-0.3, -0.25) is 4.57 Å². The zero-order valence-electron chi connectivity index (χ0n) is 13.0. The lowest BCUT2D eigenvalue weighted by Gasteiger charge is -2.15. The molecule has 2 aliphatic heterocycles. The first-order valence-electron chi connectivity index (χ1n) is 7.83. The summed E-state index contributed by atoms with van der Waals surface area (Å²) in [6, 6.07) is 11.5. The second kappa shape index (κ2) is 5.98. The van der Waals surface area contributed by atoms with Crippen molar-refractivity contribution in [2.75, 3.05) is 24.8 Å². The summed E-state index contributed by atoms with van der Waals surface area (Å²) in [4.78, 5) is 18.2. The average molecular weight is 324 g/mol. The fourth-order valence-electron chi connectivity index (χ4n) is 3.07. The normalized spacial score (nSPS) is 18.1. The predicted molar refractivity (Wildman–Crippen MR) is 85.9 cm³/mol. The SMILES string of the molecule is N#Cc1ccc(CCOc2cc3n(c(=O)n2)CC2COCN32)cc1. The fraction of sp³-hybridized carbons (Fsp3) is 0.353. The second-order valence-corrected chi connectivity index (χ2v) is 5.88. The number of hydrogen-bond donors (Lipinski definition) is 0. The van der Waals surface area contributed by atoms with E-state index >= 15 is 0 Å². The van der Waals surface area contributed by atoms with Crippen molar-refractivity contribution in [2.45, 2.75) is 19.0 Å². The smallest absolute Gasteiger partial charge is 0.352 e. The molecule has 0 bridgehead atoms. The van der Waals surface area contributed by atoms with E-state index in [4.69, 9.17) is 14.7 Å². The molecule has 0 spiro atoms. The molecule has 1 unspecified atom stereocenters. The Morgan fingerprint density at radius 2 is 2.21 bits per heavy atom. The Kier molecular flexibility index (Phi) is 3.67. The van der Waals surface area contributed by atoms with Crippen molar-refractivity contribution < 1.29 is 9.47 Å². The van der Waals surface area contributed by atoms with E-state index in [1.54, 1.807) is 22.8 Å². The van der Waals surface area contributed by atoms with Gasteiger partial charge < -0.3 is 14.4 Å². The minimum absolute atomic E-state index is 0.216. The Labute approximate surface area is 138 Å². The molecule has 7 nitrogen and oxygen atoms in total. The van der Waals surface area contributed by atoms with E-state index in [2.05, 4.69) is 16.0 Å². The molecule has 1 fully saturated rings. The molecule has 4 rings (SSSR count). The van der Waals surface area contributed by atoms with Crippen LogP contribution in [0.2, 0.25) is 0 Å². The first-order chi connectivity index (χ1) is 11.7. The van der Waals surface area contributed by atoms with Crippen LogP contribution in [0.3, 0.4) is 0 Å². The quantitative estimate of drug-likeness (QED) is 0.832. The van der Waals surface area contributed by atoms with E-state index in [1.165, 1.54) is 0 Å². The maximum Gasteiger partial charge on any atom is 0.352 e. The zero-order chi connectivity index (χ0) is 16.5. The number of hydrogen-bond acceptors (Lipinski definition) is 6. The molecule has 7 heteroatoms. The van der Waals surface area contributed by atoms with Gasteiger partial charge in [-0.1, -0.05) is 12.1 Å². The van der Waals surface area contributed by atoms with Gasteiger partial charge in [0.15, 0.2) is 0 Å². The summed E-state index contributed by atoms with van der Waals surface area (Å²) in [5.74, 6) is 1.15. The van der Waals surface area contributed by atoms with Crippen LogP contribution >= 0.6 is 0 Å². The van der Waals surface area contributed by atoms with E-state index in [-0.39, 0.29) is 11.7 Å². The van der Waals surface area contributed by atoms with E-state index < -0.39 is 0 Å². The first kappa shape index (κ1) is 14.7. The molecule has 0 radical (unpaired) electrons. The lowest BCUT2D eigenvalue weighted by Crippen LogP contribution is -2.26. The maximum atomic E-state index is 12.1. The summed E-state index contributed by atoms with van der Waals surface area (Å²) >= 11 is 0. The Balaban J connectivity index is 1.44. The minimum atomic E-state index is -0.282. The molecule has 0 N–H and O–H groups in total. The monoisotopic (exact) mass is 324 g/mol. The number of nitriles is 1. The van der Waals surface area contributed by atoms with Crippen LogP contribution in [0.4, 0.5) is 5.82 Å². The number of ether oxygens (including phenoxy) is 2. The summed E-state index contributed by atoms with van der Waals surface area (Å²) in [6.07, 6.45) is 0.682. The third-order valence-electron chi connectivity index (χ3n) is 4.36. The summed E-state index contributed by atoms with van der Waals surface area (Å²) in [6.45, 7) is 2.17. The number of anilines is 1. The van der Waals surface area contributed by atoms with E-state index in [1.807, 2.05) is 12.1 Å². The van der Waals surface area contributed by atoms with Gasteiger partial charge in [-0.15, -0.1) is 0 Å². The molecular weight excluding hydrogens is 308 g/mol. The van der Waals surface area contributed by atoms with Crippen LogP contribution in [0, 0.1) is 11.3 Å². The third-order valence-corrected chi connectivity index (χ3v) is 4.36. The van der Waals surface area contributed by atoms with Gasteiger partial charge in [0.25, 0.3) is 0 Å². The largest absolute Gasteiger partial charge is 0.477 e. The van der Waals surface area contributed by atoms with Gasteiger partial charge in [-0.05, 0) is 17.7 Å². The molecule has 122 valence electrons. The fourth-order valence-corrected chi connectivity index (χ4v) is 3.07. The highest BCUT2D eigenvalue weighted by Gasteiger charge is 2.35. The summed E-state index contributed by atoms with van der Waals surface area (Å²) in [5, 5.41) is 8.79. The molecule has 2 aliphatic rings. The average Bonchev–Trinajstić information content (AvgIpc) is 3.18. The number of nitrogens with zero attached hydrogens (tertiary/aromatic N) is 4. The number of benzene rings is 1. The lowest BCUT2D eigenvalue weighted by atomic mass is 10.1. The first-order valence-corrected chi connectivity index (χ1v) is 7.83. The number of aromatic nitrogens is 2. The van der Waals surface area contributed by atoms with Crippen LogP contribution in [0.25, 0.3) is 0 Å². The maximum absolute atomic E-state index is 12.1. The van der Waals surface area contributed by atoms with Crippen molar-refractivity contribution in [1.29, 1.82) is 5.26 Å². The van der Waals surface area contributed by atoms with Gasteiger partial charge in [-0.25, -0.2) is 4.79 Å². The number of fused-ring (bicyclic) bond motifs is 3. The van der Waals surface area contributed by atoms with Crippen LogP contribution in [-0.4, -0.2) is 35.5 Å². The Morgan fingerprint density at radius 3 is 3.00 bits per heavy atom. The zero-order valence-corrected chi connectivity index (χ0v) is 13.0. The van der Waals surface area contributed by atoms with Gasteiger partial charge in [0, 0.05) is 12.5 Å². The highest BCUT2D eigenvalue weighted by atomic mass is 16.5. The molecule has 3 heterocycles. The van der Waals surface area contributed by atoms with Crippen LogP contribution in [-0.2, 0) is 17.7 Å². The summed E-state index contributed by atoms with van der Waals surface area (Å²) < 4.78 is 12.8. The van der Waals surface area contributed by atoms with Gasteiger partial charge in [0.05, 0.1) is 37.4 Å². The van der Waals surface area contributed by atoms with Crippen molar-refractivity contribution in [3.63, 3.8) is 0 Å². The molecule has 1 atom stereocenters. The molecule has 2 aromatic rings. The van der Waals surface area contributed by atoms with Crippen LogP contribution in [0.15, 0.2) is 35.1 Å². The van der Waals surface area contributed by atoms with Crippen molar-refractivity contribution in [1.82, 2.24) is 9.55 Å². The summed E-state index contributed by atoms with van der Waals surface area (Å²) in [5.41, 5.74) is 1.42. The Bertz CT molecular complexity index is 854. The highest BCUT2D eigenvalue weighted by molar-refractivity contribution is 5.47. The molecule has 1 aromatic carbocycles. The Morgan fingerprint density at radius 1 is 1.38 bits per heavy atom. The molecule has 0 saturated carbocycles. The van der Waals surface area contributed by atoms with Crippen molar-refractivity contribution >= 4 is 5.82 Å². The highest BCUT2D eigenvalue weighted by Crippen LogP contribution is 2.29. The topological polar surface area (TPSA) is 80.4 Å². The van der Waals surface area contributed by atoms with Crippen molar-refractivity contribution in [2.24, 2.45) is 0 Å². The standard InChI is InChI=1S/C17H16N4O3/c18-8-13-3-1-12(2-4-13)5-6-24-15-7-16-20(17(22)19-15)9-14-10-23-11-21(14)16/h1-4,7,14H,5-6,9-11H2. The van der Waals surface area contributed by atoms with E-state index in [0.29, 0.717) is 44.4 Å². The van der Waals surface area contributed by atoms with Crippen molar-refractivity contribution in [3.05, 3.63) is 51.9 Å². The minimum Gasteiger partial charge on any atom is -0.477 e. The van der Waals surface area contributed by atoms with E-state index in [9.17, 15) is 4.79 Å². The van der Waals surface area contributed by atoms with E-state index in [0.717, 1.165) is 11.4 Å². The Hall–Kier alpha value is -2.85. The van der Waals surface area contributed by atoms with Crippen molar-refractivity contribution in [3.8, 4) is 11.9 Å². The third kappa shape index (κ3) is 2.61. The molecular formula is C17H16N4O3. The van der Waals surface area contributed by atoms with Crippen LogP contribution < -0.4 is 15.3 Å². The molecule has 24 heavy (non-hydrogen) atoms. The predicted octanol–water partition coefficient (Wildman–Crippen LogP) is 0.913. The van der Waals surface area contributed by atoms with Crippen LogP contribution in [0.1, 0.15) is 11.1 Å². The van der Waals surface area contributed by atoms with Gasteiger partial charge in [0.1, 0.15) is 12.5 Å². The summed E-state index contributed by atoms with van der Waals surface area (Å²) in [7, 11) is 0. The van der Waals surface area contributed by atoms with Crippen LogP contribution in [0.5, 0.6) is 5.88 Å². The molecule has 1 saturated heterocycles. The van der Waals surface area contributed by atoms with Gasteiger partial charge >= 0.3 is 5.69 Å². The number of rotatable bonds is 4. The van der Waals surface area contributed by atoms with Gasteiger partial charge in [-0.2, -0.15) is 10.2 Å².